The Morgan fingerprint density at radius 2 is 2.00 bits per heavy atom. The summed E-state index contributed by atoms with van der Waals surface area (Å²) in [4.78, 5) is 22.3. The van der Waals surface area contributed by atoms with E-state index < -0.39 is 5.97 Å². The Hall–Kier alpha value is -3.59. The lowest BCUT2D eigenvalue weighted by Crippen LogP contribution is -2.26. The number of methoxy groups -OCH3 is 2. The van der Waals surface area contributed by atoms with E-state index in [9.17, 15) is 9.90 Å². The number of anilines is 2. The van der Waals surface area contributed by atoms with Crippen molar-refractivity contribution in [2.75, 3.05) is 38.1 Å². The number of fused-ring (bicyclic) bond motifs is 1. The highest BCUT2D eigenvalue weighted by molar-refractivity contribution is 6.08. The zero-order chi connectivity index (χ0) is 25.2. The predicted molar refractivity (Wildman–Crippen MR) is 136 cm³/mol. The number of esters is 1. The molecule has 0 saturated carbocycles. The second-order valence-electron chi connectivity index (χ2n) is 8.00. The monoisotopic (exact) mass is 482 g/mol. The van der Waals surface area contributed by atoms with Gasteiger partial charge in [0.25, 0.3) is 0 Å². The van der Waals surface area contributed by atoms with Gasteiger partial charge in [-0.05, 0) is 37.6 Å². The number of aliphatic hydroxyl groups excluding tert-OH is 1. The van der Waals surface area contributed by atoms with Gasteiger partial charge in [-0.3, -0.25) is 4.98 Å². The van der Waals surface area contributed by atoms with Crippen LogP contribution in [0.4, 0.5) is 11.5 Å². The van der Waals surface area contributed by atoms with Crippen molar-refractivity contribution in [3.05, 3.63) is 47.7 Å². The molecule has 9 nitrogen and oxygen atoms in total. The highest BCUT2D eigenvalue weighted by Gasteiger charge is 2.25. The van der Waals surface area contributed by atoms with E-state index in [1.165, 1.54) is 0 Å². The van der Waals surface area contributed by atoms with Crippen LogP contribution in [0.5, 0.6) is 11.5 Å². The summed E-state index contributed by atoms with van der Waals surface area (Å²) in [6, 6.07) is 8.92. The number of rotatable bonds is 13. The van der Waals surface area contributed by atoms with E-state index in [4.69, 9.17) is 19.2 Å². The SMILES string of the molecule is CCCCC(CO)Nc1c(C(=O)OCC)c(NCc2ccc(OC)cc2OC)nc2cccnc12. The lowest BCUT2D eigenvalue weighted by atomic mass is 10.1. The first-order valence-corrected chi connectivity index (χ1v) is 11.8. The van der Waals surface area contributed by atoms with E-state index in [2.05, 4.69) is 22.5 Å². The summed E-state index contributed by atoms with van der Waals surface area (Å²) in [5.41, 5.74) is 2.76. The van der Waals surface area contributed by atoms with Crippen LogP contribution in [0.2, 0.25) is 0 Å². The van der Waals surface area contributed by atoms with Crippen LogP contribution in [0.15, 0.2) is 36.5 Å². The molecule has 188 valence electrons. The van der Waals surface area contributed by atoms with Crippen molar-refractivity contribution in [3.8, 4) is 11.5 Å². The summed E-state index contributed by atoms with van der Waals surface area (Å²) in [7, 11) is 3.19. The first kappa shape index (κ1) is 26.0. The average Bonchev–Trinajstić information content (AvgIpc) is 2.89. The van der Waals surface area contributed by atoms with Crippen LogP contribution in [0, 0.1) is 0 Å². The van der Waals surface area contributed by atoms with Crippen LogP contribution < -0.4 is 20.1 Å². The second kappa shape index (κ2) is 12.8. The van der Waals surface area contributed by atoms with E-state index >= 15 is 0 Å². The third-order valence-electron chi connectivity index (χ3n) is 5.64. The Labute approximate surface area is 205 Å². The Morgan fingerprint density at radius 3 is 2.69 bits per heavy atom. The van der Waals surface area contributed by atoms with Gasteiger partial charge in [-0.15, -0.1) is 0 Å². The fourth-order valence-corrected chi connectivity index (χ4v) is 3.80. The van der Waals surface area contributed by atoms with Gasteiger partial charge in [0.05, 0.1) is 38.6 Å². The van der Waals surface area contributed by atoms with Gasteiger partial charge in [-0.2, -0.15) is 0 Å². The van der Waals surface area contributed by atoms with E-state index in [1.54, 1.807) is 39.5 Å². The predicted octanol–water partition coefficient (Wildman–Crippen LogP) is 4.40. The van der Waals surface area contributed by atoms with Gasteiger partial charge in [0.1, 0.15) is 28.4 Å². The molecule has 0 amide bonds. The molecule has 3 aromatic rings. The van der Waals surface area contributed by atoms with Crippen LogP contribution in [0.3, 0.4) is 0 Å². The van der Waals surface area contributed by atoms with Crippen molar-refractivity contribution in [2.45, 2.75) is 45.7 Å². The van der Waals surface area contributed by atoms with Crippen molar-refractivity contribution in [2.24, 2.45) is 0 Å². The molecule has 0 aliphatic rings. The lowest BCUT2D eigenvalue weighted by Gasteiger charge is -2.22. The molecule has 1 unspecified atom stereocenters. The Bertz CT molecular complexity index is 1140. The average molecular weight is 483 g/mol. The smallest absolute Gasteiger partial charge is 0.344 e. The number of hydrogen-bond acceptors (Lipinski definition) is 9. The highest BCUT2D eigenvalue weighted by Crippen LogP contribution is 2.33. The fourth-order valence-electron chi connectivity index (χ4n) is 3.80. The Balaban J connectivity index is 2.08. The zero-order valence-corrected chi connectivity index (χ0v) is 20.8. The number of nitrogens with zero attached hydrogens (tertiary/aromatic N) is 2. The quantitative estimate of drug-likeness (QED) is 0.305. The Morgan fingerprint density at radius 1 is 1.17 bits per heavy atom. The molecular formula is C26H34N4O5. The number of ether oxygens (including phenoxy) is 3. The minimum atomic E-state index is -0.522. The standard InChI is InChI=1S/C26H34N4O5/c1-5-7-9-18(16-31)29-24-22(26(32)35-6-2)25(30-20-10-8-13-27-23(20)24)28-15-17-11-12-19(33-3)14-21(17)34-4/h8,10-14,18,31H,5-7,9,15-16H2,1-4H3,(H2,28,29,30). The van der Waals surface area contributed by atoms with Crippen LogP contribution in [-0.2, 0) is 11.3 Å². The number of unbranched alkanes of at least 4 members (excludes halogenated alkanes) is 1. The van der Waals surface area contributed by atoms with Crippen molar-refractivity contribution in [3.63, 3.8) is 0 Å². The van der Waals surface area contributed by atoms with E-state index in [0.29, 0.717) is 40.6 Å². The largest absolute Gasteiger partial charge is 0.497 e. The van der Waals surface area contributed by atoms with Crippen molar-refractivity contribution in [1.29, 1.82) is 0 Å². The molecule has 3 rings (SSSR count). The summed E-state index contributed by atoms with van der Waals surface area (Å²) in [5.74, 6) is 1.17. The molecule has 0 saturated heterocycles. The maximum Gasteiger partial charge on any atom is 0.344 e. The topological polar surface area (TPSA) is 115 Å². The number of benzene rings is 1. The molecule has 3 N–H and O–H groups in total. The Kier molecular flexibility index (Phi) is 9.48. The normalized spacial score (nSPS) is 11.7. The number of hydrogen-bond donors (Lipinski definition) is 3. The molecule has 2 aromatic heterocycles. The molecule has 0 aliphatic carbocycles. The third-order valence-corrected chi connectivity index (χ3v) is 5.64. The second-order valence-corrected chi connectivity index (χ2v) is 8.00. The molecule has 1 atom stereocenters. The first-order valence-electron chi connectivity index (χ1n) is 11.8. The first-order chi connectivity index (χ1) is 17.1. The van der Waals surface area contributed by atoms with Gasteiger partial charge in [0, 0.05) is 30.4 Å². The number of aliphatic hydroxyl groups is 1. The zero-order valence-electron chi connectivity index (χ0n) is 20.8. The fraction of sp³-hybridized carbons (Fsp3) is 0.423. The number of carbonyl (C=O) groups excluding carboxylic acids is 1. The molecule has 0 bridgehead atoms. The number of aromatic nitrogens is 2. The summed E-state index contributed by atoms with van der Waals surface area (Å²) in [5, 5.41) is 16.6. The number of carbonyl (C=O) groups is 1. The van der Waals surface area contributed by atoms with Crippen LogP contribution in [0.1, 0.15) is 49.0 Å². The molecule has 0 spiro atoms. The van der Waals surface area contributed by atoms with Gasteiger partial charge in [0.15, 0.2) is 0 Å². The molecular weight excluding hydrogens is 448 g/mol. The minimum Gasteiger partial charge on any atom is -0.497 e. The molecule has 0 fully saturated rings. The number of nitrogens with one attached hydrogen (secondary N) is 2. The maximum absolute atomic E-state index is 13.2. The minimum absolute atomic E-state index is 0.0786. The molecule has 0 aliphatic heterocycles. The van der Waals surface area contributed by atoms with Gasteiger partial charge in [0.2, 0.25) is 0 Å². The van der Waals surface area contributed by atoms with Gasteiger partial charge < -0.3 is 30.0 Å². The third kappa shape index (κ3) is 6.30. The highest BCUT2D eigenvalue weighted by atomic mass is 16.5. The molecule has 35 heavy (non-hydrogen) atoms. The van der Waals surface area contributed by atoms with Gasteiger partial charge in [-0.1, -0.05) is 19.8 Å². The van der Waals surface area contributed by atoms with E-state index in [0.717, 1.165) is 24.8 Å². The van der Waals surface area contributed by atoms with Crippen molar-refractivity contribution in [1.82, 2.24) is 9.97 Å². The van der Waals surface area contributed by atoms with Crippen molar-refractivity contribution >= 4 is 28.5 Å². The molecule has 2 heterocycles. The van der Waals surface area contributed by atoms with Gasteiger partial charge >= 0.3 is 5.97 Å². The molecule has 1 aromatic carbocycles. The summed E-state index contributed by atoms with van der Waals surface area (Å²) in [6.07, 6.45) is 4.33. The van der Waals surface area contributed by atoms with Gasteiger partial charge in [-0.25, -0.2) is 9.78 Å². The summed E-state index contributed by atoms with van der Waals surface area (Å²) >= 11 is 0. The summed E-state index contributed by atoms with van der Waals surface area (Å²) < 4.78 is 16.2. The maximum atomic E-state index is 13.2. The van der Waals surface area contributed by atoms with Crippen LogP contribution >= 0.6 is 0 Å². The number of pyridine rings is 2. The van der Waals surface area contributed by atoms with Crippen LogP contribution in [-0.4, -0.2) is 54.5 Å². The molecule has 0 radical (unpaired) electrons. The summed E-state index contributed by atoms with van der Waals surface area (Å²) in [6.45, 7) is 4.33. The molecule has 9 heteroatoms. The van der Waals surface area contributed by atoms with Crippen molar-refractivity contribution < 1.29 is 24.1 Å². The lowest BCUT2D eigenvalue weighted by molar-refractivity contribution is 0.0528. The van der Waals surface area contributed by atoms with Crippen LogP contribution in [0.25, 0.3) is 11.0 Å². The van der Waals surface area contributed by atoms with E-state index in [1.807, 2.05) is 18.2 Å². The van der Waals surface area contributed by atoms with E-state index in [-0.39, 0.29) is 24.8 Å².